The van der Waals surface area contributed by atoms with Gasteiger partial charge in [-0.15, -0.1) is 11.3 Å². The first kappa shape index (κ1) is 22.2. The molecule has 0 saturated heterocycles. The summed E-state index contributed by atoms with van der Waals surface area (Å²) in [6, 6.07) is 8.23. The molecule has 0 aliphatic carbocycles. The molecule has 1 aromatic heterocycles. The maximum absolute atomic E-state index is 12.8. The van der Waals surface area contributed by atoms with Gasteiger partial charge < -0.3 is 19.9 Å². The van der Waals surface area contributed by atoms with E-state index in [4.69, 9.17) is 44.3 Å². The van der Waals surface area contributed by atoms with Crippen LogP contribution in [0.5, 0.6) is 11.5 Å². The van der Waals surface area contributed by atoms with Crippen LogP contribution in [0.3, 0.4) is 0 Å². The largest absolute Gasteiger partial charge is 0.497 e. The molecule has 0 bridgehead atoms. The zero-order valence-electron chi connectivity index (χ0n) is 15.6. The summed E-state index contributed by atoms with van der Waals surface area (Å²) in [5, 5.41) is 13.9. The van der Waals surface area contributed by atoms with Crippen LogP contribution in [-0.2, 0) is 0 Å². The Kier molecular flexibility index (Phi) is 6.77. The van der Waals surface area contributed by atoms with Gasteiger partial charge in [-0.1, -0.05) is 34.8 Å². The normalized spacial score (nSPS) is 10.6. The molecule has 0 saturated carbocycles. The van der Waals surface area contributed by atoms with Gasteiger partial charge >= 0.3 is 5.97 Å². The van der Waals surface area contributed by atoms with Crippen LogP contribution < -0.4 is 14.8 Å². The summed E-state index contributed by atoms with van der Waals surface area (Å²) >= 11 is 19.6. The van der Waals surface area contributed by atoms with Crippen molar-refractivity contribution >= 4 is 63.7 Å². The minimum absolute atomic E-state index is 0.0130. The second-order valence-electron chi connectivity index (χ2n) is 5.91. The number of rotatable bonds is 6. The van der Waals surface area contributed by atoms with Crippen molar-refractivity contribution in [1.82, 2.24) is 0 Å². The van der Waals surface area contributed by atoms with Crippen molar-refractivity contribution in [3.05, 3.63) is 61.9 Å². The molecular weight excluding hydrogens is 473 g/mol. The summed E-state index contributed by atoms with van der Waals surface area (Å²) in [5.41, 5.74) is 0.746. The minimum atomic E-state index is -1.19. The van der Waals surface area contributed by atoms with E-state index in [1.165, 1.54) is 24.5 Å². The molecule has 0 fully saturated rings. The van der Waals surface area contributed by atoms with Crippen LogP contribution in [0.2, 0.25) is 15.1 Å². The molecule has 30 heavy (non-hydrogen) atoms. The molecule has 0 radical (unpaired) electrons. The van der Waals surface area contributed by atoms with Crippen molar-refractivity contribution in [2.45, 2.75) is 0 Å². The van der Waals surface area contributed by atoms with Gasteiger partial charge in [-0.25, -0.2) is 4.79 Å². The first-order valence-electron chi connectivity index (χ1n) is 8.30. The number of amides is 1. The van der Waals surface area contributed by atoms with Crippen molar-refractivity contribution in [2.24, 2.45) is 0 Å². The molecule has 0 spiro atoms. The highest BCUT2D eigenvalue weighted by Crippen LogP contribution is 2.41. The topological polar surface area (TPSA) is 84.9 Å². The number of ether oxygens (including phenoxy) is 2. The number of benzene rings is 2. The summed E-state index contributed by atoms with van der Waals surface area (Å²) in [7, 11) is 2.91. The van der Waals surface area contributed by atoms with Crippen molar-refractivity contribution < 1.29 is 24.2 Å². The highest BCUT2D eigenvalue weighted by molar-refractivity contribution is 7.14. The molecule has 1 amide bonds. The lowest BCUT2D eigenvalue weighted by atomic mass is 10.1. The monoisotopic (exact) mass is 485 g/mol. The third-order valence-corrected chi connectivity index (χ3v) is 6.33. The number of methoxy groups -OCH3 is 2. The van der Waals surface area contributed by atoms with Crippen molar-refractivity contribution in [3.63, 3.8) is 0 Å². The van der Waals surface area contributed by atoms with Gasteiger partial charge in [-0.2, -0.15) is 0 Å². The highest BCUT2D eigenvalue weighted by Gasteiger charge is 2.24. The Balaban J connectivity index is 1.98. The lowest BCUT2D eigenvalue weighted by Crippen LogP contribution is -2.15. The van der Waals surface area contributed by atoms with Gasteiger partial charge in [0.25, 0.3) is 5.91 Å². The maximum Gasteiger partial charge on any atom is 0.339 e. The van der Waals surface area contributed by atoms with Crippen molar-refractivity contribution in [2.75, 3.05) is 19.5 Å². The van der Waals surface area contributed by atoms with Gasteiger partial charge in [-0.3, -0.25) is 4.79 Å². The molecule has 2 aromatic carbocycles. The number of carboxylic acid groups (broad SMARTS) is 1. The van der Waals surface area contributed by atoms with Gasteiger partial charge in [0.15, 0.2) is 5.75 Å². The quantitative estimate of drug-likeness (QED) is 0.397. The van der Waals surface area contributed by atoms with Crippen LogP contribution in [-0.4, -0.2) is 31.2 Å². The lowest BCUT2D eigenvalue weighted by molar-refractivity contribution is 0.0699. The number of carboxylic acids is 1. The zero-order valence-corrected chi connectivity index (χ0v) is 18.7. The fraction of sp³-hybridized carbons (Fsp3) is 0.100. The summed E-state index contributed by atoms with van der Waals surface area (Å²) < 4.78 is 10.2. The number of hydrogen-bond donors (Lipinski definition) is 2. The second-order valence-corrected chi connectivity index (χ2v) is 7.95. The van der Waals surface area contributed by atoms with E-state index in [0.29, 0.717) is 16.2 Å². The van der Waals surface area contributed by atoms with Crippen LogP contribution in [0.1, 0.15) is 20.7 Å². The lowest BCUT2D eigenvalue weighted by Gasteiger charge is -2.12. The number of carbonyl (C=O) groups excluding carboxylic acids is 1. The van der Waals surface area contributed by atoms with E-state index in [2.05, 4.69) is 5.32 Å². The first-order valence-corrected chi connectivity index (χ1v) is 10.3. The fourth-order valence-corrected chi connectivity index (χ4v) is 4.57. The van der Waals surface area contributed by atoms with Crippen LogP contribution >= 0.6 is 46.1 Å². The van der Waals surface area contributed by atoms with Gasteiger partial charge in [0.2, 0.25) is 0 Å². The van der Waals surface area contributed by atoms with Crippen molar-refractivity contribution in [3.8, 4) is 21.9 Å². The molecule has 3 rings (SSSR count). The Bertz CT molecular complexity index is 1130. The number of carbonyl (C=O) groups is 2. The van der Waals surface area contributed by atoms with E-state index in [9.17, 15) is 14.7 Å². The SMILES string of the molecule is COc1ccc(-c2scc(NC(=O)c3cc(Cl)c(OC)c(Cl)c3Cl)c2C(=O)O)cc1. The van der Waals surface area contributed by atoms with E-state index in [0.717, 1.165) is 0 Å². The van der Waals surface area contributed by atoms with Gasteiger partial charge in [0.1, 0.15) is 16.3 Å². The number of thiophene rings is 1. The average Bonchev–Trinajstić information content (AvgIpc) is 3.14. The molecular formula is C20H14Cl3NO5S. The van der Waals surface area contributed by atoms with Crippen LogP contribution in [0, 0.1) is 0 Å². The molecule has 1 heterocycles. The Morgan fingerprint density at radius 3 is 2.27 bits per heavy atom. The molecule has 3 aromatic rings. The van der Waals surface area contributed by atoms with Crippen molar-refractivity contribution in [1.29, 1.82) is 0 Å². The van der Waals surface area contributed by atoms with Gasteiger partial charge in [0.05, 0.1) is 40.4 Å². The van der Waals surface area contributed by atoms with Crippen LogP contribution in [0.15, 0.2) is 35.7 Å². The number of anilines is 1. The number of hydrogen-bond acceptors (Lipinski definition) is 5. The van der Waals surface area contributed by atoms with Gasteiger partial charge in [-0.05, 0) is 35.9 Å². The predicted molar refractivity (Wildman–Crippen MR) is 119 cm³/mol. The number of halogens is 3. The Hall–Kier alpha value is -2.45. The molecule has 0 atom stereocenters. The average molecular weight is 487 g/mol. The predicted octanol–water partition coefficient (Wildman–Crippen LogP) is 6.34. The van der Waals surface area contributed by atoms with E-state index in [1.54, 1.807) is 36.8 Å². The minimum Gasteiger partial charge on any atom is -0.497 e. The summed E-state index contributed by atoms with van der Waals surface area (Å²) in [4.78, 5) is 25.2. The molecule has 0 aliphatic heterocycles. The summed E-state index contributed by atoms with van der Waals surface area (Å²) in [6.07, 6.45) is 0. The molecule has 0 unspecified atom stereocenters. The Morgan fingerprint density at radius 1 is 1.03 bits per heavy atom. The Labute approximate surface area is 190 Å². The number of aromatic carboxylic acids is 1. The smallest absolute Gasteiger partial charge is 0.339 e. The zero-order chi connectivity index (χ0) is 22.0. The standard InChI is InChI=1S/C20H14Cl3NO5S/c1-28-10-5-3-9(4-6-10)18-14(20(26)27)13(8-30-18)24-19(25)11-7-12(21)17(29-2)16(23)15(11)22/h3-8H,1-2H3,(H,24,25)(H,26,27). The van der Waals surface area contributed by atoms with E-state index < -0.39 is 11.9 Å². The fourth-order valence-electron chi connectivity index (χ4n) is 2.74. The van der Waals surface area contributed by atoms with E-state index >= 15 is 0 Å². The molecule has 156 valence electrons. The van der Waals surface area contributed by atoms with E-state index in [-0.39, 0.29) is 37.6 Å². The summed E-state index contributed by atoms with van der Waals surface area (Å²) in [5.74, 6) is -1.06. The third-order valence-electron chi connectivity index (χ3n) is 4.17. The van der Waals surface area contributed by atoms with E-state index in [1.807, 2.05) is 0 Å². The number of nitrogens with one attached hydrogen (secondary N) is 1. The molecule has 2 N–H and O–H groups in total. The van der Waals surface area contributed by atoms with Crippen LogP contribution in [0.4, 0.5) is 5.69 Å². The third kappa shape index (κ3) is 4.20. The first-order chi connectivity index (χ1) is 14.3. The molecule has 0 aliphatic rings. The molecule has 10 heteroatoms. The second kappa shape index (κ2) is 9.14. The highest BCUT2D eigenvalue weighted by atomic mass is 35.5. The van der Waals surface area contributed by atoms with Crippen LogP contribution in [0.25, 0.3) is 10.4 Å². The van der Waals surface area contributed by atoms with Gasteiger partial charge in [0, 0.05) is 5.38 Å². The molecule has 6 nitrogen and oxygen atoms in total. The summed E-state index contributed by atoms with van der Waals surface area (Å²) in [6.45, 7) is 0. The maximum atomic E-state index is 12.8. The Morgan fingerprint density at radius 2 is 1.70 bits per heavy atom.